The zero-order chi connectivity index (χ0) is 14.8. The normalized spacial score (nSPS) is 27.5. The summed E-state index contributed by atoms with van der Waals surface area (Å²) in [6.45, 7) is 0.574. The summed E-state index contributed by atoms with van der Waals surface area (Å²) in [4.78, 5) is 0. The van der Waals surface area contributed by atoms with E-state index in [0.29, 0.717) is 12.6 Å². The number of hydrogen-bond donors (Lipinski definition) is 1. The number of hydrogen-bond acceptors (Lipinski definition) is 4. The Kier molecular flexibility index (Phi) is 3.39. The first-order chi connectivity index (χ1) is 10.9. The van der Waals surface area contributed by atoms with Crippen molar-refractivity contribution in [3.05, 3.63) is 71.8 Å². The van der Waals surface area contributed by atoms with Crippen molar-refractivity contribution in [1.29, 1.82) is 0 Å². The van der Waals surface area contributed by atoms with E-state index in [4.69, 9.17) is 0 Å². The number of benzene rings is 2. The van der Waals surface area contributed by atoms with Gasteiger partial charge in [0.1, 0.15) is 12.2 Å². The molecule has 4 nitrogen and oxygen atoms in total. The molecule has 0 saturated heterocycles. The van der Waals surface area contributed by atoms with Crippen LogP contribution in [0.5, 0.6) is 0 Å². The van der Waals surface area contributed by atoms with Crippen molar-refractivity contribution in [3.63, 3.8) is 0 Å². The zero-order valence-corrected chi connectivity index (χ0v) is 12.5. The number of hydrazine groups is 1. The Balaban J connectivity index is 1.70. The van der Waals surface area contributed by atoms with Gasteiger partial charge in [-0.05, 0) is 36.3 Å². The minimum absolute atomic E-state index is 0.0955. The molecule has 22 heavy (non-hydrogen) atoms. The Morgan fingerprint density at radius 3 is 2.41 bits per heavy atom. The monoisotopic (exact) mass is 292 g/mol. The highest BCUT2D eigenvalue weighted by Crippen LogP contribution is 2.50. The van der Waals surface area contributed by atoms with Crippen LogP contribution in [0.1, 0.15) is 36.3 Å². The van der Waals surface area contributed by atoms with Crippen molar-refractivity contribution in [3.8, 4) is 0 Å². The number of nitrogens with zero attached hydrogens (tertiary/aromatic N) is 3. The summed E-state index contributed by atoms with van der Waals surface area (Å²) in [7, 11) is 0. The van der Waals surface area contributed by atoms with Gasteiger partial charge in [0.2, 0.25) is 0 Å². The van der Waals surface area contributed by atoms with Gasteiger partial charge in [0.05, 0.1) is 0 Å². The predicted molar refractivity (Wildman–Crippen MR) is 85.9 cm³/mol. The van der Waals surface area contributed by atoms with Crippen LogP contribution in [0.4, 0.5) is 0 Å². The van der Waals surface area contributed by atoms with E-state index in [1.165, 1.54) is 17.5 Å². The molecule has 0 spiro atoms. The van der Waals surface area contributed by atoms with Crippen molar-refractivity contribution < 1.29 is 0 Å². The highest BCUT2D eigenvalue weighted by Gasteiger charge is 2.47. The third-order valence-electron chi connectivity index (χ3n) is 4.92. The van der Waals surface area contributed by atoms with Crippen LogP contribution in [-0.2, 0) is 5.54 Å². The topological polar surface area (TPSA) is 40.0 Å². The smallest absolute Gasteiger partial charge is 0.130 e. The quantitative estimate of drug-likeness (QED) is 0.929. The summed E-state index contributed by atoms with van der Waals surface area (Å²) in [5.74, 6) is 0.569. The molecule has 112 valence electrons. The Morgan fingerprint density at radius 1 is 1.00 bits per heavy atom. The third-order valence-corrected chi connectivity index (χ3v) is 4.92. The van der Waals surface area contributed by atoms with Crippen LogP contribution >= 0.6 is 0 Å². The third kappa shape index (κ3) is 2.20. The second-order valence-electron chi connectivity index (χ2n) is 6.11. The fourth-order valence-corrected chi connectivity index (χ4v) is 3.82. The number of rotatable bonds is 3. The molecule has 2 atom stereocenters. The molecule has 0 bridgehead atoms. The molecule has 1 saturated carbocycles. The molecule has 1 heterocycles. The highest BCUT2D eigenvalue weighted by atomic mass is 15.8. The molecule has 1 N–H and O–H groups in total. The van der Waals surface area contributed by atoms with E-state index in [9.17, 15) is 0 Å². The van der Waals surface area contributed by atoms with Crippen molar-refractivity contribution >= 4 is 0 Å². The van der Waals surface area contributed by atoms with Gasteiger partial charge in [0, 0.05) is 0 Å². The van der Waals surface area contributed by atoms with E-state index in [0.717, 1.165) is 12.8 Å². The molecular weight excluding hydrogens is 272 g/mol. The standard InChI is InChI=1S/C18H20N4/c1-3-7-15(8-4-1)16-11-12-18(13-16,22-20-14-19-21-22)17-9-5-2-6-10-17/h1-10,16,20H,11-14H2. The molecular formula is C18H20N4. The van der Waals surface area contributed by atoms with E-state index >= 15 is 0 Å². The molecule has 1 aliphatic carbocycles. The second-order valence-corrected chi connectivity index (χ2v) is 6.11. The summed E-state index contributed by atoms with van der Waals surface area (Å²) in [6.07, 6.45) is 3.32. The van der Waals surface area contributed by atoms with Crippen molar-refractivity contribution in [2.45, 2.75) is 30.7 Å². The predicted octanol–water partition coefficient (Wildman–Crippen LogP) is 3.99. The van der Waals surface area contributed by atoms with Crippen LogP contribution in [0, 0.1) is 0 Å². The van der Waals surface area contributed by atoms with Crippen LogP contribution in [0.3, 0.4) is 0 Å². The van der Waals surface area contributed by atoms with Gasteiger partial charge in [0.15, 0.2) is 0 Å². The summed E-state index contributed by atoms with van der Waals surface area (Å²) in [6, 6.07) is 21.5. The first kappa shape index (κ1) is 13.5. The van der Waals surface area contributed by atoms with Gasteiger partial charge in [0.25, 0.3) is 0 Å². The van der Waals surface area contributed by atoms with Crippen molar-refractivity contribution in [1.82, 2.24) is 10.5 Å². The van der Waals surface area contributed by atoms with Gasteiger partial charge in [-0.1, -0.05) is 65.9 Å². The van der Waals surface area contributed by atoms with Crippen LogP contribution in [0.15, 0.2) is 71.0 Å². The number of nitrogens with one attached hydrogen (secondary N) is 1. The average molecular weight is 292 g/mol. The molecule has 2 aromatic carbocycles. The second kappa shape index (κ2) is 5.54. The van der Waals surface area contributed by atoms with Gasteiger partial charge in [-0.3, -0.25) is 0 Å². The molecule has 4 rings (SSSR count). The lowest BCUT2D eigenvalue weighted by Gasteiger charge is -2.36. The fourth-order valence-electron chi connectivity index (χ4n) is 3.82. The average Bonchev–Trinajstić information content (AvgIpc) is 3.27. The van der Waals surface area contributed by atoms with E-state index in [1.807, 2.05) is 5.12 Å². The first-order valence-corrected chi connectivity index (χ1v) is 7.90. The zero-order valence-electron chi connectivity index (χ0n) is 12.5. The van der Waals surface area contributed by atoms with E-state index in [2.05, 4.69) is 76.4 Å². The molecule has 1 aliphatic heterocycles. The maximum Gasteiger partial charge on any atom is 0.130 e. The molecule has 2 aliphatic rings. The van der Waals surface area contributed by atoms with Gasteiger partial charge >= 0.3 is 0 Å². The first-order valence-electron chi connectivity index (χ1n) is 7.90. The van der Waals surface area contributed by atoms with Gasteiger partial charge < -0.3 is 0 Å². The fraction of sp³-hybridized carbons (Fsp3) is 0.333. The largest absolute Gasteiger partial charge is 0.199 e. The summed E-state index contributed by atoms with van der Waals surface area (Å²) in [5, 5.41) is 10.5. The Bertz CT molecular complexity index is 655. The summed E-state index contributed by atoms with van der Waals surface area (Å²) >= 11 is 0. The maximum absolute atomic E-state index is 4.34. The van der Waals surface area contributed by atoms with Gasteiger partial charge in [-0.2, -0.15) is 15.7 Å². The van der Waals surface area contributed by atoms with E-state index in [-0.39, 0.29) is 5.54 Å². The molecule has 2 aromatic rings. The van der Waals surface area contributed by atoms with Crippen molar-refractivity contribution in [2.24, 2.45) is 10.3 Å². The van der Waals surface area contributed by atoms with Crippen molar-refractivity contribution in [2.75, 3.05) is 6.67 Å². The lowest BCUT2D eigenvalue weighted by atomic mass is 9.86. The lowest BCUT2D eigenvalue weighted by molar-refractivity contribution is 0.0526. The van der Waals surface area contributed by atoms with Gasteiger partial charge in [-0.25, -0.2) is 0 Å². The van der Waals surface area contributed by atoms with Crippen LogP contribution in [0.2, 0.25) is 0 Å². The van der Waals surface area contributed by atoms with E-state index in [1.54, 1.807) is 0 Å². The highest BCUT2D eigenvalue weighted by molar-refractivity contribution is 5.30. The maximum atomic E-state index is 4.34. The van der Waals surface area contributed by atoms with Crippen LogP contribution in [0.25, 0.3) is 0 Å². The lowest BCUT2D eigenvalue weighted by Crippen LogP contribution is -2.46. The molecule has 0 amide bonds. The molecule has 0 radical (unpaired) electrons. The SMILES string of the molecule is c1ccc(C2CCC(c3ccccc3)(N3N=NCN3)C2)cc1. The summed E-state index contributed by atoms with van der Waals surface area (Å²) < 4.78 is 0. The molecule has 2 unspecified atom stereocenters. The van der Waals surface area contributed by atoms with Crippen LogP contribution < -0.4 is 5.43 Å². The van der Waals surface area contributed by atoms with Gasteiger partial charge in [-0.15, -0.1) is 0 Å². The van der Waals surface area contributed by atoms with E-state index < -0.39 is 0 Å². The Labute approximate surface area is 130 Å². The minimum atomic E-state index is -0.0955. The molecule has 1 fully saturated rings. The summed E-state index contributed by atoms with van der Waals surface area (Å²) in [5.41, 5.74) is 5.96. The Hall–Kier alpha value is -2.20. The molecule has 0 aromatic heterocycles. The van der Waals surface area contributed by atoms with Crippen LogP contribution in [-0.4, -0.2) is 11.8 Å². The Morgan fingerprint density at radius 2 is 1.73 bits per heavy atom. The minimum Gasteiger partial charge on any atom is -0.199 e. The molecule has 4 heteroatoms.